The molecule has 2 saturated heterocycles. The standard InChI is InChI=1S/C22H27N7O/c1-17-15-20(27-9-7-26(2)8-10-27)25-22(24-17)29-13-11-28(12-14-29)21(30)19-5-3-18(16-23)4-6-19/h3-6,15H,7-14H2,1-2H3. The largest absolute Gasteiger partial charge is 0.354 e. The number of aromatic nitrogens is 2. The van der Waals surface area contributed by atoms with E-state index in [9.17, 15) is 4.79 Å². The number of likely N-dealkylation sites (N-methyl/N-ethyl adjacent to an activating group) is 1. The first-order chi connectivity index (χ1) is 14.5. The fourth-order valence-corrected chi connectivity index (χ4v) is 3.85. The van der Waals surface area contributed by atoms with Crippen molar-refractivity contribution in [3.63, 3.8) is 0 Å². The lowest BCUT2D eigenvalue weighted by Crippen LogP contribution is -2.49. The van der Waals surface area contributed by atoms with E-state index in [1.807, 2.05) is 11.8 Å². The van der Waals surface area contributed by atoms with Crippen molar-refractivity contribution < 1.29 is 4.79 Å². The van der Waals surface area contributed by atoms with Gasteiger partial charge in [0.1, 0.15) is 5.82 Å². The number of hydrogen-bond acceptors (Lipinski definition) is 7. The molecule has 0 bridgehead atoms. The molecule has 2 aliphatic heterocycles. The summed E-state index contributed by atoms with van der Waals surface area (Å²) < 4.78 is 0. The number of hydrogen-bond donors (Lipinski definition) is 0. The van der Waals surface area contributed by atoms with Gasteiger partial charge >= 0.3 is 0 Å². The zero-order valence-corrected chi connectivity index (χ0v) is 17.6. The maximum atomic E-state index is 12.8. The molecule has 2 aromatic rings. The smallest absolute Gasteiger partial charge is 0.253 e. The lowest BCUT2D eigenvalue weighted by molar-refractivity contribution is 0.0746. The number of nitriles is 1. The molecule has 0 unspecified atom stereocenters. The van der Waals surface area contributed by atoms with E-state index in [0.29, 0.717) is 37.3 Å². The maximum absolute atomic E-state index is 12.8. The van der Waals surface area contributed by atoms with Crippen molar-refractivity contribution in [1.82, 2.24) is 19.8 Å². The highest BCUT2D eigenvalue weighted by Crippen LogP contribution is 2.20. The number of amides is 1. The van der Waals surface area contributed by atoms with Crippen molar-refractivity contribution in [2.45, 2.75) is 6.92 Å². The summed E-state index contributed by atoms with van der Waals surface area (Å²) in [5, 5.41) is 8.92. The van der Waals surface area contributed by atoms with Crippen LogP contribution < -0.4 is 9.80 Å². The quantitative estimate of drug-likeness (QED) is 0.763. The zero-order chi connectivity index (χ0) is 21.1. The van der Waals surface area contributed by atoms with Gasteiger partial charge in [-0.2, -0.15) is 10.2 Å². The third-order valence-electron chi connectivity index (χ3n) is 5.77. The van der Waals surface area contributed by atoms with Crippen LogP contribution in [0.2, 0.25) is 0 Å². The first-order valence-electron chi connectivity index (χ1n) is 10.4. The number of benzene rings is 1. The van der Waals surface area contributed by atoms with Crippen LogP contribution in [-0.4, -0.2) is 85.1 Å². The summed E-state index contributed by atoms with van der Waals surface area (Å²) in [4.78, 5) is 30.9. The number of rotatable bonds is 3. The molecule has 156 valence electrons. The fourth-order valence-electron chi connectivity index (χ4n) is 3.85. The number of anilines is 2. The highest BCUT2D eigenvalue weighted by molar-refractivity contribution is 5.94. The Kier molecular flexibility index (Phi) is 5.81. The number of carbonyl (C=O) groups excluding carboxylic acids is 1. The topological polar surface area (TPSA) is 79.6 Å². The first-order valence-corrected chi connectivity index (χ1v) is 10.4. The molecule has 8 heteroatoms. The normalized spacial score (nSPS) is 17.7. The second-order valence-corrected chi connectivity index (χ2v) is 7.93. The molecule has 0 N–H and O–H groups in total. The minimum Gasteiger partial charge on any atom is -0.354 e. The van der Waals surface area contributed by atoms with Gasteiger partial charge < -0.3 is 19.6 Å². The van der Waals surface area contributed by atoms with Gasteiger partial charge in [0.05, 0.1) is 11.6 Å². The molecular formula is C22H27N7O. The van der Waals surface area contributed by atoms with E-state index in [2.05, 4.69) is 38.9 Å². The Morgan fingerprint density at radius 1 is 0.933 bits per heavy atom. The van der Waals surface area contributed by atoms with Crippen LogP contribution in [0.15, 0.2) is 30.3 Å². The van der Waals surface area contributed by atoms with E-state index in [1.165, 1.54) is 0 Å². The van der Waals surface area contributed by atoms with Crippen LogP contribution in [0.25, 0.3) is 0 Å². The number of piperazine rings is 2. The van der Waals surface area contributed by atoms with Crippen LogP contribution in [-0.2, 0) is 0 Å². The molecule has 0 saturated carbocycles. The Hall–Kier alpha value is -3.18. The van der Waals surface area contributed by atoms with E-state index in [1.54, 1.807) is 24.3 Å². The Morgan fingerprint density at radius 3 is 2.20 bits per heavy atom. The lowest BCUT2D eigenvalue weighted by atomic mass is 10.1. The molecule has 30 heavy (non-hydrogen) atoms. The van der Waals surface area contributed by atoms with Gasteiger partial charge in [-0.3, -0.25) is 4.79 Å². The summed E-state index contributed by atoms with van der Waals surface area (Å²) in [6, 6.07) is 10.9. The summed E-state index contributed by atoms with van der Waals surface area (Å²) in [6.45, 7) is 8.68. The molecule has 8 nitrogen and oxygen atoms in total. The molecule has 0 radical (unpaired) electrons. The van der Waals surface area contributed by atoms with Crippen molar-refractivity contribution in [2.75, 3.05) is 69.2 Å². The Bertz CT molecular complexity index is 937. The monoisotopic (exact) mass is 405 g/mol. The summed E-state index contributed by atoms with van der Waals surface area (Å²) in [7, 11) is 2.15. The van der Waals surface area contributed by atoms with Gasteiger partial charge in [-0.05, 0) is 38.2 Å². The van der Waals surface area contributed by atoms with Crippen LogP contribution in [0.3, 0.4) is 0 Å². The van der Waals surface area contributed by atoms with Crippen molar-refractivity contribution in [3.8, 4) is 6.07 Å². The molecular weight excluding hydrogens is 378 g/mol. The van der Waals surface area contributed by atoms with Crippen LogP contribution in [0, 0.1) is 18.3 Å². The highest BCUT2D eigenvalue weighted by Gasteiger charge is 2.25. The van der Waals surface area contributed by atoms with Crippen molar-refractivity contribution in [3.05, 3.63) is 47.2 Å². The van der Waals surface area contributed by atoms with Crippen molar-refractivity contribution in [1.29, 1.82) is 5.26 Å². The van der Waals surface area contributed by atoms with Crippen LogP contribution in [0.1, 0.15) is 21.6 Å². The van der Waals surface area contributed by atoms with Gasteiger partial charge in [0.25, 0.3) is 5.91 Å². The Morgan fingerprint density at radius 2 is 1.57 bits per heavy atom. The Labute approximate surface area is 177 Å². The van der Waals surface area contributed by atoms with E-state index in [0.717, 1.165) is 43.6 Å². The third kappa shape index (κ3) is 4.36. The molecule has 1 amide bonds. The van der Waals surface area contributed by atoms with E-state index in [-0.39, 0.29) is 5.91 Å². The number of aryl methyl sites for hydroxylation is 1. The SMILES string of the molecule is Cc1cc(N2CCN(C)CC2)nc(N2CCN(C(=O)c3ccc(C#N)cc3)CC2)n1. The second-order valence-electron chi connectivity index (χ2n) is 7.93. The van der Waals surface area contributed by atoms with E-state index in [4.69, 9.17) is 10.2 Å². The third-order valence-corrected chi connectivity index (χ3v) is 5.77. The molecule has 1 aromatic heterocycles. The summed E-state index contributed by atoms with van der Waals surface area (Å²) in [6.07, 6.45) is 0. The Balaban J connectivity index is 1.41. The van der Waals surface area contributed by atoms with Gasteiger partial charge in [-0.1, -0.05) is 0 Å². The van der Waals surface area contributed by atoms with Crippen LogP contribution in [0.5, 0.6) is 0 Å². The van der Waals surface area contributed by atoms with Crippen molar-refractivity contribution in [2.24, 2.45) is 0 Å². The molecule has 2 fully saturated rings. The fraction of sp³-hybridized carbons (Fsp3) is 0.455. The molecule has 3 heterocycles. The first kappa shape index (κ1) is 20.1. The van der Waals surface area contributed by atoms with E-state index < -0.39 is 0 Å². The predicted octanol–water partition coefficient (Wildman–Crippen LogP) is 1.37. The number of carbonyl (C=O) groups is 1. The average molecular weight is 406 g/mol. The van der Waals surface area contributed by atoms with Crippen LogP contribution in [0.4, 0.5) is 11.8 Å². The minimum atomic E-state index is 0.00225. The van der Waals surface area contributed by atoms with Gasteiger partial charge in [0.15, 0.2) is 0 Å². The number of nitrogens with zero attached hydrogens (tertiary/aromatic N) is 7. The summed E-state index contributed by atoms with van der Waals surface area (Å²) >= 11 is 0. The van der Waals surface area contributed by atoms with Gasteiger partial charge in [0, 0.05) is 69.7 Å². The van der Waals surface area contributed by atoms with Gasteiger partial charge in [-0.15, -0.1) is 0 Å². The summed E-state index contributed by atoms with van der Waals surface area (Å²) in [5.74, 6) is 1.73. The highest BCUT2D eigenvalue weighted by atomic mass is 16.2. The zero-order valence-electron chi connectivity index (χ0n) is 17.6. The maximum Gasteiger partial charge on any atom is 0.253 e. The summed E-state index contributed by atoms with van der Waals surface area (Å²) in [5.41, 5.74) is 2.14. The molecule has 4 rings (SSSR count). The van der Waals surface area contributed by atoms with Crippen LogP contribution >= 0.6 is 0 Å². The minimum absolute atomic E-state index is 0.00225. The lowest BCUT2D eigenvalue weighted by Gasteiger charge is -2.36. The molecule has 1 aromatic carbocycles. The average Bonchev–Trinajstić information content (AvgIpc) is 2.79. The molecule has 0 atom stereocenters. The molecule has 0 spiro atoms. The molecule has 0 aliphatic carbocycles. The van der Waals surface area contributed by atoms with E-state index >= 15 is 0 Å². The second kappa shape index (κ2) is 8.67. The van der Waals surface area contributed by atoms with Gasteiger partial charge in [0.2, 0.25) is 5.95 Å². The predicted molar refractivity (Wildman–Crippen MR) is 116 cm³/mol. The van der Waals surface area contributed by atoms with Crippen molar-refractivity contribution >= 4 is 17.7 Å². The molecule has 2 aliphatic rings. The van der Waals surface area contributed by atoms with Gasteiger partial charge in [-0.25, -0.2) is 4.98 Å².